The van der Waals surface area contributed by atoms with Crippen molar-refractivity contribution in [1.29, 1.82) is 0 Å². The third-order valence-electron chi connectivity index (χ3n) is 3.12. The molecule has 2 aromatic rings. The van der Waals surface area contributed by atoms with Gasteiger partial charge in [-0.25, -0.2) is 9.48 Å². The highest BCUT2D eigenvalue weighted by Gasteiger charge is 2.09. The highest BCUT2D eigenvalue weighted by atomic mass is 16.2. The minimum absolute atomic E-state index is 0.274. The number of aryl methyl sites for hydroxylation is 3. The van der Waals surface area contributed by atoms with Gasteiger partial charge in [-0.3, -0.25) is 10.3 Å². The summed E-state index contributed by atoms with van der Waals surface area (Å²) in [7, 11) is 0. The van der Waals surface area contributed by atoms with Gasteiger partial charge in [0.25, 0.3) is 0 Å². The Kier molecular flexibility index (Phi) is 4.86. The van der Waals surface area contributed by atoms with Crippen LogP contribution < -0.4 is 10.6 Å². The number of hydrogen-bond donors (Lipinski definition) is 2. The molecule has 0 aliphatic carbocycles. The summed E-state index contributed by atoms with van der Waals surface area (Å²) < 4.78 is 1.65. The van der Waals surface area contributed by atoms with E-state index in [0.29, 0.717) is 24.9 Å². The molecule has 0 saturated heterocycles. The van der Waals surface area contributed by atoms with Crippen molar-refractivity contribution in [2.75, 3.05) is 11.9 Å². The summed E-state index contributed by atoms with van der Waals surface area (Å²) in [5.41, 5.74) is 2.30. The number of rotatable bonds is 5. The van der Waals surface area contributed by atoms with Gasteiger partial charge in [0.1, 0.15) is 5.82 Å². The number of pyridine rings is 1. The van der Waals surface area contributed by atoms with Gasteiger partial charge in [0.2, 0.25) is 5.95 Å². The smallest absolute Gasteiger partial charge is 0.321 e. The standard InChI is InChI=1S/C14H20N6O/c1-4-20-13(17-11(3)19-20)18-14(21)16-8-6-12-5-7-15-9-10(12)2/h5,7,9H,4,6,8H2,1-3H3,(H2,16,17,18,19,21). The number of anilines is 1. The Morgan fingerprint density at radius 2 is 2.19 bits per heavy atom. The molecule has 0 aromatic carbocycles. The second-order valence-corrected chi connectivity index (χ2v) is 4.73. The zero-order chi connectivity index (χ0) is 15.2. The van der Waals surface area contributed by atoms with Gasteiger partial charge >= 0.3 is 6.03 Å². The first-order chi connectivity index (χ1) is 10.1. The van der Waals surface area contributed by atoms with Gasteiger partial charge in [-0.05, 0) is 44.4 Å². The summed E-state index contributed by atoms with van der Waals surface area (Å²) in [4.78, 5) is 20.1. The predicted molar refractivity (Wildman–Crippen MR) is 80.1 cm³/mol. The molecule has 0 atom stereocenters. The van der Waals surface area contributed by atoms with E-state index in [-0.39, 0.29) is 6.03 Å². The molecule has 7 heteroatoms. The first-order valence-corrected chi connectivity index (χ1v) is 6.96. The molecule has 0 fully saturated rings. The van der Waals surface area contributed by atoms with Crippen LogP contribution in [0, 0.1) is 13.8 Å². The van der Waals surface area contributed by atoms with E-state index in [4.69, 9.17) is 0 Å². The quantitative estimate of drug-likeness (QED) is 0.876. The monoisotopic (exact) mass is 288 g/mol. The van der Waals surface area contributed by atoms with Crippen molar-refractivity contribution in [3.05, 3.63) is 35.4 Å². The third kappa shape index (κ3) is 4.01. The maximum absolute atomic E-state index is 11.8. The molecule has 7 nitrogen and oxygen atoms in total. The summed E-state index contributed by atoms with van der Waals surface area (Å²) in [5, 5.41) is 9.70. The van der Waals surface area contributed by atoms with Crippen molar-refractivity contribution in [2.24, 2.45) is 0 Å². The Bertz CT molecular complexity index is 622. The van der Waals surface area contributed by atoms with E-state index in [9.17, 15) is 4.79 Å². The van der Waals surface area contributed by atoms with Crippen LogP contribution in [-0.2, 0) is 13.0 Å². The molecule has 0 spiro atoms. The number of nitrogens with zero attached hydrogens (tertiary/aromatic N) is 4. The van der Waals surface area contributed by atoms with E-state index in [2.05, 4.69) is 25.7 Å². The SMILES string of the molecule is CCn1nc(C)nc1NC(=O)NCCc1ccncc1C. The van der Waals surface area contributed by atoms with E-state index in [0.717, 1.165) is 12.0 Å². The molecule has 0 aliphatic rings. The Hall–Kier alpha value is -2.44. The molecule has 2 rings (SSSR count). The zero-order valence-electron chi connectivity index (χ0n) is 12.6. The molecular formula is C14H20N6O. The second-order valence-electron chi connectivity index (χ2n) is 4.73. The van der Waals surface area contributed by atoms with Gasteiger partial charge in [-0.1, -0.05) is 0 Å². The molecule has 2 heterocycles. The van der Waals surface area contributed by atoms with Crippen LogP contribution in [0.25, 0.3) is 0 Å². The minimum Gasteiger partial charge on any atom is -0.337 e. The fourth-order valence-corrected chi connectivity index (χ4v) is 2.01. The zero-order valence-corrected chi connectivity index (χ0v) is 12.6. The largest absolute Gasteiger partial charge is 0.337 e. The molecule has 2 N–H and O–H groups in total. The highest BCUT2D eigenvalue weighted by molar-refractivity contribution is 5.87. The van der Waals surface area contributed by atoms with Gasteiger partial charge in [0.05, 0.1) is 0 Å². The summed E-state index contributed by atoms with van der Waals surface area (Å²) in [6.45, 7) is 6.96. The van der Waals surface area contributed by atoms with E-state index >= 15 is 0 Å². The summed E-state index contributed by atoms with van der Waals surface area (Å²) in [6.07, 6.45) is 4.35. The highest BCUT2D eigenvalue weighted by Crippen LogP contribution is 2.06. The molecule has 0 radical (unpaired) electrons. The Labute approximate surface area is 123 Å². The normalized spacial score (nSPS) is 10.4. The van der Waals surface area contributed by atoms with Crippen molar-refractivity contribution in [3.8, 4) is 0 Å². The van der Waals surface area contributed by atoms with Crippen LogP contribution in [0.1, 0.15) is 23.9 Å². The molecule has 2 amide bonds. The van der Waals surface area contributed by atoms with E-state index in [1.54, 1.807) is 17.8 Å². The van der Waals surface area contributed by atoms with Crippen LogP contribution >= 0.6 is 0 Å². The van der Waals surface area contributed by atoms with Gasteiger partial charge in [0, 0.05) is 25.5 Å². The number of carbonyl (C=O) groups is 1. The Morgan fingerprint density at radius 1 is 1.38 bits per heavy atom. The first kappa shape index (κ1) is 15.0. The molecule has 0 saturated carbocycles. The third-order valence-corrected chi connectivity index (χ3v) is 3.12. The van der Waals surface area contributed by atoms with Crippen molar-refractivity contribution in [1.82, 2.24) is 25.1 Å². The summed E-state index contributed by atoms with van der Waals surface area (Å²) in [5.74, 6) is 1.10. The fraction of sp³-hybridized carbons (Fsp3) is 0.429. The van der Waals surface area contributed by atoms with Crippen molar-refractivity contribution in [3.63, 3.8) is 0 Å². The lowest BCUT2D eigenvalue weighted by Gasteiger charge is -2.08. The molecule has 112 valence electrons. The van der Waals surface area contributed by atoms with Crippen molar-refractivity contribution >= 4 is 12.0 Å². The van der Waals surface area contributed by atoms with Crippen LogP contribution in [0.2, 0.25) is 0 Å². The van der Waals surface area contributed by atoms with E-state index < -0.39 is 0 Å². The van der Waals surface area contributed by atoms with Gasteiger partial charge < -0.3 is 5.32 Å². The maximum atomic E-state index is 11.8. The Balaban J connectivity index is 1.84. The molecule has 2 aromatic heterocycles. The van der Waals surface area contributed by atoms with E-state index in [1.165, 1.54) is 5.56 Å². The Morgan fingerprint density at radius 3 is 2.90 bits per heavy atom. The van der Waals surface area contributed by atoms with Crippen LogP contribution in [0.5, 0.6) is 0 Å². The number of amides is 2. The lowest BCUT2D eigenvalue weighted by atomic mass is 10.1. The lowest BCUT2D eigenvalue weighted by Crippen LogP contribution is -2.31. The van der Waals surface area contributed by atoms with Gasteiger partial charge in [0.15, 0.2) is 0 Å². The van der Waals surface area contributed by atoms with Crippen molar-refractivity contribution in [2.45, 2.75) is 33.7 Å². The average Bonchev–Trinajstić information content (AvgIpc) is 2.81. The van der Waals surface area contributed by atoms with E-state index in [1.807, 2.05) is 26.1 Å². The summed E-state index contributed by atoms with van der Waals surface area (Å²) in [6, 6.07) is 1.69. The maximum Gasteiger partial charge on any atom is 0.321 e. The molecule has 21 heavy (non-hydrogen) atoms. The molecule has 0 bridgehead atoms. The van der Waals surface area contributed by atoms with Crippen LogP contribution in [-0.4, -0.2) is 32.3 Å². The predicted octanol–water partition coefficient (Wildman–Crippen LogP) is 1.67. The van der Waals surface area contributed by atoms with Crippen LogP contribution in [0.15, 0.2) is 18.5 Å². The van der Waals surface area contributed by atoms with Crippen LogP contribution in [0.3, 0.4) is 0 Å². The van der Waals surface area contributed by atoms with Gasteiger partial charge in [-0.15, -0.1) is 0 Å². The lowest BCUT2D eigenvalue weighted by molar-refractivity contribution is 0.252. The number of urea groups is 1. The minimum atomic E-state index is -0.274. The molecular weight excluding hydrogens is 268 g/mol. The number of hydrogen-bond acceptors (Lipinski definition) is 4. The van der Waals surface area contributed by atoms with Crippen LogP contribution in [0.4, 0.5) is 10.7 Å². The topological polar surface area (TPSA) is 84.7 Å². The van der Waals surface area contributed by atoms with Crippen molar-refractivity contribution < 1.29 is 4.79 Å². The number of carbonyl (C=O) groups excluding carboxylic acids is 1. The first-order valence-electron chi connectivity index (χ1n) is 6.96. The van der Waals surface area contributed by atoms with Gasteiger partial charge in [-0.2, -0.15) is 10.1 Å². The fourth-order valence-electron chi connectivity index (χ4n) is 2.01. The summed E-state index contributed by atoms with van der Waals surface area (Å²) >= 11 is 0. The molecule has 0 unspecified atom stereocenters. The number of nitrogens with one attached hydrogen (secondary N) is 2. The molecule has 0 aliphatic heterocycles. The second kappa shape index (κ2) is 6.83. The number of aromatic nitrogens is 4. The average molecular weight is 288 g/mol.